The van der Waals surface area contributed by atoms with Crippen LogP contribution in [0.5, 0.6) is 0 Å². The second kappa shape index (κ2) is 8.32. The Balaban J connectivity index is 1.41. The molecule has 0 unspecified atom stereocenters. The van der Waals surface area contributed by atoms with Crippen molar-refractivity contribution in [2.45, 2.75) is 19.1 Å². The summed E-state index contributed by atoms with van der Waals surface area (Å²) in [6, 6.07) is 19.3. The third kappa shape index (κ3) is 4.22. The molecule has 0 saturated heterocycles. The molecule has 0 saturated carbocycles. The Hall–Kier alpha value is -3.39. The summed E-state index contributed by atoms with van der Waals surface area (Å²) in [7, 11) is 0. The standard InChI is InChI=1S/C21H19N5O2S/c1-14-19(15(2)26(25-14)17-11-7-4-8-12-17)22-18(27)13-29-21-24-23-20(28-21)16-9-5-3-6-10-16/h3-12H,13H2,1-2H3,(H,22,27). The van der Waals surface area contributed by atoms with Crippen molar-refractivity contribution >= 4 is 23.4 Å². The summed E-state index contributed by atoms with van der Waals surface area (Å²) in [6.45, 7) is 3.80. The average molecular weight is 405 g/mol. The van der Waals surface area contributed by atoms with Crippen molar-refractivity contribution in [2.24, 2.45) is 0 Å². The fourth-order valence-corrected chi connectivity index (χ4v) is 3.48. The molecule has 0 spiro atoms. The van der Waals surface area contributed by atoms with Crippen molar-refractivity contribution in [3.63, 3.8) is 0 Å². The molecule has 0 fully saturated rings. The zero-order chi connectivity index (χ0) is 20.2. The zero-order valence-corrected chi connectivity index (χ0v) is 16.8. The lowest BCUT2D eigenvalue weighted by Crippen LogP contribution is -2.15. The Labute approximate surface area is 172 Å². The fraction of sp³-hybridized carbons (Fsp3) is 0.143. The number of hydrogen-bond donors (Lipinski definition) is 1. The maximum absolute atomic E-state index is 12.5. The van der Waals surface area contributed by atoms with E-state index in [9.17, 15) is 4.79 Å². The predicted molar refractivity (Wildman–Crippen MR) is 112 cm³/mol. The van der Waals surface area contributed by atoms with Crippen molar-refractivity contribution in [2.75, 3.05) is 11.1 Å². The van der Waals surface area contributed by atoms with E-state index in [1.165, 1.54) is 11.8 Å². The van der Waals surface area contributed by atoms with Crippen molar-refractivity contribution in [3.8, 4) is 17.1 Å². The molecule has 7 nitrogen and oxygen atoms in total. The van der Waals surface area contributed by atoms with Crippen LogP contribution in [0, 0.1) is 13.8 Å². The summed E-state index contributed by atoms with van der Waals surface area (Å²) in [4.78, 5) is 12.5. The molecule has 2 aromatic carbocycles. The molecule has 0 aliphatic rings. The number of nitrogens with zero attached hydrogens (tertiary/aromatic N) is 4. The Morgan fingerprint density at radius 3 is 2.45 bits per heavy atom. The van der Waals surface area contributed by atoms with Gasteiger partial charge < -0.3 is 9.73 Å². The topological polar surface area (TPSA) is 85.8 Å². The fourth-order valence-electron chi connectivity index (χ4n) is 2.91. The molecule has 8 heteroatoms. The molecule has 4 rings (SSSR count). The average Bonchev–Trinajstić information content (AvgIpc) is 3.34. The molecular formula is C21H19N5O2S. The van der Waals surface area contributed by atoms with Gasteiger partial charge in [-0.1, -0.05) is 48.2 Å². The first-order valence-electron chi connectivity index (χ1n) is 9.05. The number of carbonyl (C=O) groups excluding carboxylic acids is 1. The van der Waals surface area contributed by atoms with E-state index < -0.39 is 0 Å². The summed E-state index contributed by atoms with van der Waals surface area (Å²) in [5.74, 6) is 0.434. The van der Waals surface area contributed by atoms with E-state index in [1.54, 1.807) is 0 Å². The van der Waals surface area contributed by atoms with Crippen LogP contribution in [0.2, 0.25) is 0 Å². The Morgan fingerprint density at radius 1 is 1.03 bits per heavy atom. The number of nitrogens with one attached hydrogen (secondary N) is 1. The number of hydrogen-bond acceptors (Lipinski definition) is 6. The van der Waals surface area contributed by atoms with Gasteiger partial charge in [-0.25, -0.2) is 4.68 Å². The predicted octanol–water partition coefficient (Wildman–Crippen LogP) is 4.27. The highest BCUT2D eigenvalue weighted by Gasteiger charge is 2.16. The third-order valence-corrected chi connectivity index (χ3v) is 5.13. The number of aromatic nitrogens is 4. The van der Waals surface area contributed by atoms with Crippen LogP contribution in [-0.2, 0) is 4.79 Å². The number of benzene rings is 2. The molecule has 4 aromatic rings. The molecule has 2 aromatic heterocycles. The molecule has 1 N–H and O–H groups in total. The molecule has 0 atom stereocenters. The van der Waals surface area contributed by atoms with E-state index in [4.69, 9.17) is 4.42 Å². The van der Waals surface area contributed by atoms with Gasteiger partial charge in [0.2, 0.25) is 11.8 Å². The summed E-state index contributed by atoms with van der Waals surface area (Å²) < 4.78 is 7.45. The molecule has 1 amide bonds. The van der Waals surface area contributed by atoms with Gasteiger partial charge in [-0.2, -0.15) is 5.10 Å². The van der Waals surface area contributed by atoms with Crippen LogP contribution in [0.25, 0.3) is 17.1 Å². The minimum absolute atomic E-state index is 0.159. The van der Waals surface area contributed by atoms with Gasteiger partial charge in [0.05, 0.1) is 28.5 Å². The summed E-state index contributed by atoms with van der Waals surface area (Å²) in [5, 5.41) is 15.9. The molecule has 0 radical (unpaired) electrons. The molecule has 146 valence electrons. The van der Waals surface area contributed by atoms with Gasteiger partial charge in [-0.3, -0.25) is 4.79 Å². The van der Waals surface area contributed by atoms with E-state index in [-0.39, 0.29) is 11.7 Å². The largest absolute Gasteiger partial charge is 0.411 e. The van der Waals surface area contributed by atoms with E-state index in [2.05, 4.69) is 20.6 Å². The second-order valence-electron chi connectivity index (χ2n) is 6.37. The maximum atomic E-state index is 12.5. The smallest absolute Gasteiger partial charge is 0.277 e. The SMILES string of the molecule is Cc1nn(-c2ccccc2)c(C)c1NC(=O)CSc1nnc(-c2ccccc2)o1. The Kier molecular flexibility index (Phi) is 5.44. The van der Waals surface area contributed by atoms with Crippen molar-refractivity contribution in [1.82, 2.24) is 20.0 Å². The summed E-state index contributed by atoms with van der Waals surface area (Å²) in [5.41, 5.74) is 4.14. The van der Waals surface area contributed by atoms with Gasteiger partial charge in [0.1, 0.15) is 0 Å². The van der Waals surface area contributed by atoms with Gasteiger partial charge in [0, 0.05) is 5.56 Å². The number of thioether (sulfide) groups is 1. The molecule has 0 aliphatic heterocycles. The quantitative estimate of drug-likeness (QED) is 0.482. The molecule has 2 heterocycles. The van der Waals surface area contributed by atoms with Crippen molar-refractivity contribution in [3.05, 3.63) is 72.1 Å². The van der Waals surface area contributed by atoms with Crippen LogP contribution in [0.4, 0.5) is 5.69 Å². The minimum atomic E-state index is -0.159. The Morgan fingerprint density at radius 2 is 1.72 bits per heavy atom. The third-order valence-electron chi connectivity index (χ3n) is 4.31. The molecule has 29 heavy (non-hydrogen) atoms. The van der Waals surface area contributed by atoms with Gasteiger partial charge in [0.15, 0.2) is 0 Å². The van der Waals surface area contributed by atoms with Gasteiger partial charge in [-0.15, -0.1) is 10.2 Å². The first kappa shape index (κ1) is 18.9. The number of rotatable bonds is 6. The number of amides is 1. The highest BCUT2D eigenvalue weighted by molar-refractivity contribution is 7.99. The van der Waals surface area contributed by atoms with Gasteiger partial charge in [0.25, 0.3) is 5.22 Å². The highest BCUT2D eigenvalue weighted by atomic mass is 32.2. The second-order valence-corrected chi connectivity index (χ2v) is 7.30. The normalized spacial score (nSPS) is 10.8. The van der Waals surface area contributed by atoms with Crippen LogP contribution >= 0.6 is 11.8 Å². The van der Waals surface area contributed by atoms with E-state index in [1.807, 2.05) is 79.2 Å². The monoisotopic (exact) mass is 405 g/mol. The van der Waals surface area contributed by atoms with Gasteiger partial charge in [-0.05, 0) is 38.1 Å². The first-order valence-corrected chi connectivity index (χ1v) is 10.0. The van der Waals surface area contributed by atoms with Crippen molar-refractivity contribution in [1.29, 1.82) is 0 Å². The van der Waals surface area contributed by atoms with Crippen LogP contribution in [-0.4, -0.2) is 31.6 Å². The first-order chi connectivity index (χ1) is 14.1. The van der Waals surface area contributed by atoms with Crippen molar-refractivity contribution < 1.29 is 9.21 Å². The Bertz CT molecular complexity index is 1120. The number of aryl methyl sites for hydroxylation is 1. The molecular weight excluding hydrogens is 386 g/mol. The number of para-hydroxylation sites is 1. The molecule has 0 aliphatic carbocycles. The lowest BCUT2D eigenvalue weighted by molar-refractivity contribution is -0.113. The lowest BCUT2D eigenvalue weighted by atomic mass is 10.2. The van der Waals surface area contributed by atoms with E-state index in [0.29, 0.717) is 11.1 Å². The van der Waals surface area contributed by atoms with E-state index >= 15 is 0 Å². The van der Waals surface area contributed by atoms with Crippen LogP contribution in [0.1, 0.15) is 11.4 Å². The number of anilines is 1. The summed E-state index contributed by atoms with van der Waals surface area (Å²) >= 11 is 1.20. The highest BCUT2D eigenvalue weighted by Crippen LogP contribution is 2.25. The lowest BCUT2D eigenvalue weighted by Gasteiger charge is -2.06. The van der Waals surface area contributed by atoms with Gasteiger partial charge >= 0.3 is 0 Å². The van der Waals surface area contributed by atoms with Crippen LogP contribution in [0.15, 0.2) is 70.3 Å². The maximum Gasteiger partial charge on any atom is 0.277 e. The zero-order valence-electron chi connectivity index (χ0n) is 16.0. The van der Waals surface area contributed by atoms with Crippen LogP contribution < -0.4 is 5.32 Å². The number of carbonyl (C=O) groups is 1. The summed E-state index contributed by atoms with van der Waals surface area (Å²) in [6.07, 6.45) is 0. The molecule has 0 bridgehead atoms. The minimum Gasteiger partial charge on any atom is -0.411 e. The van der Waals surface area contributed by atoms with Crippen LogP contribution in [0.3, 0.4) is 0 Å². The van der Waals surface area contributed by atoms with E-state index in [0.717, 1.165) is 28.3 Å².